The normalized spacial score (nSPS) is 13.4. The molecule has 3 aromatic heterocycles. The summed E-state index contributed by atoms with van der Waals surface area (Å²) in [5.74, 6) is 0.243. The molecule has 0 unspecified atom stereocenters. The predicted molar refractivity (Wildman–Crippen MR) is 125 cm³/mol. The standard InChI is InChI=1S/C22H25N5O2S2/c1-12-13(2)30-21-19(12)22(29)27(17(24-21)10-26(3)4)11-18(28)25-20-15(9-23)14-7-5-6-8-16(14)31-20/h5-8,10-11H2,1-4H3,(H,25,28). The average Bonchev–Trinajstić information content (AvgIpc) is 3.20. The average molecular weight is 456 g/mol. The summed E-state index contributed by atoms with van der Waals surface area (Å²) in [4.78, 5) is 35.9. The van der Waals surface area contributed by atoms with E-state index < -0.39 is 0 Å². The van der Waals surface area contributed by atoms with Gasteiger partial charge in [-0.2, -0.15) is 5.26 Å². The number of thiophene rings is 2. The number of nitriles is 1. The lowest BCUT2D eigenvalue weighted by atomic mass is 9.96. The molecule has 3 aromatic rings. The number of amides is 1. The highest BCUT2D eigenvalue weighted by molar-refractivity contribution is 7.18. The molecule has 162 valence electrons. The van der Waals surface area contributed by atoms with Crippen LogP contribution in [0.3, 0.4) is 0 Å². The quantitative estimate of drug-likeness (QED) is 0.635. The van der Waals surface area contributed by atoms with Gasteiger partial charge < -0.3 is 10.2 Å². The van der Waals surface area contributed by atoms with Crippen molar-refractivity contribution in [1.82, 2.24) is 14.5 Å². The smallest absolute Gasteiger partial charge is 0.263 e. The molecule has 4 rings (SSSR count). The number of carbonyl (C=O) groups excluding carboxylic acids is 1. The molecule has 1 amide bonds. The highest BCUT2D eigenvalue weighted by atomic mass is 32.1. The highest BCUT2D eigenvalue weighted by Crippen LogP contribution is 2.37. The summed E-state index contributed by atoms with van der Waals surface area (Å²) >= 11 is 3.00. The van der Waals surface area contributed by atoms with Crippen LogP contribution in [0.2, 0.25) is 0 Å². The number of anilines is 1. The number of nitrogens with zero attached hydrogens (tertiary/aromatic N) is 4. The van der Waals surface area contributed by atoms with Crippen LogP contribution < -0.4 is 10.9 Å². The number of aromatic nitrogens is 2. The van der Waals surface area contributed by atoms with Crippen molar-refractivity contribution < 1.29 is 4.79 Å². The molecule has 0 radical (unpaired) electrons. The van der Waals surface area contributed by atoms with Crippen molar-refractivity contribution in [2.24, 2.45) is 0 Å². The Balaban J connectivity index is 1.69. The first-order valence-corrected chi connectivity index (χ1v) is 11.9. The molecule has 0 bridgehead atoms. The van der Waals surface area contributed by atoms with Crippen molar-refractivity contribution in [3.63, 3.8) is 0 Å². The fourth-order valence-electron chi connectivity index (χ4n) is 4.02. The van der Waals surface area contributed by atoms with E-state index in [1.54, 1.807) is 0 Å². The molecule has 1 N–H and O–H groups in total. The van der Waals surface area contributed by atoms with Crippen molar-refractivity contribution in [3.8, 4) is 6.07 Å². The fraction of sp³-hybridized carbons (Fsp3) is 0.455. The third-order valence-corrected chi connectivity index (χ3v) is 7.97. The van der Waals surface area contributed by atoms with Gasteiger partial charge in [-0.1, -0.05) is 0 Å². The van der Waals surface area contributed by atoms with Crippen molar-refractivity contribution in [2.45, 2.75) is 52.6 Å². The number of hydrogen-bond acceptors (Lipinski definition) is 7. The summed E-state index contributed by atoms with van der Waals surface area (Å²) in [6, 6.07) is 2.27. The second kappa shape index (κ2) is 8.54. The lowest BCUT2D eigenvalue weighted by Crippen LogP contribution is -2.32. The number of fused-ring (bicyclic) bond motifs is 2. The molecular weight excluding hydrogens is 430 g/mol. The summed E-state index contributed by atoms with van der Waals surface area (Å²) in [6.07, 6.45) is 4.02. The Morgan fingerprint density at radius 3 is 2.71 bits per heavy atom. The van der Waals surface area contributed by atoms with Gasteiger partial charge in [0.2, 0.25) is 5.91 Å². The van der Waals surface area contributed by atoms with Gasteiger partial charge in [-0.15, -0.1) is 22.7 Å². The summed E-state index contributed by atoms with van der Waals surface area (Å²) < 4.78 is 1.47. The molecular formula is C22H25N5O2S2. The van der Waals surface area contributed by atoms with Gasteiger partial charge in [-0.25, -0.2) is 4.98 Å². The molecule has 9 heteroatoms. The second-order valence-corrected chi connectivity index (χ2v) is 10.5. The molecule has 31 heavy (non-hydrogen) atoms. The molecule has 0 fully saturated rings. The summed E-state index contributed by atoms with van der Waals surface area (Å²) in [5.41, 5.74) is 2.38. The van der Waals surface area contributed by atoms with Gasteiger partial charge in [0.1, 0.15) is 28.3 Å². The first-order chi connectivity index (χ1) is 14.8. The minimum Gasteiger partial charge on any atom is -0.315 e. The summed E-state index contributed by atoms with van der Waals surface area (Å²) in [6.45, 7) is 4.21. The Morgan fingerprint density at radius 2 is 2.00 bits per heavy atom. The maximum atomic E-state index is 13.3. The lowest BCUT2D eigenvalue weighted by molar-refractivity contribution is -0.116. The van der Waals surface area contributed by atoms with E-state index in [4.69, 9.17) is 4.98 Å². The van der Waals surface area contributed by atoms with Gasteiger partial charge in [0.25, 0.3) is 5.56 Å². The van der Waals surface area contributed by atoms with Crippen LogP contribution >= 0.6 is 22.7 Å². The molecule has 7 nitrogen and oxygen atoms in total. The maximum Gasteiger partial charge on any atom is 0.263 e. The second-order valence-electron chi connectivity index (χ2n) is 8.20. The SMILES string of the molecule is Cc1sc2nc(CN(C)C)n(CC(=O)Nc3sc4c(c3C#N)CCCC4)c(=O)c2c1C. The molecule has 0 aromatic carbocycles. The van der Waals surface area contributed by atoms with Crippen molar-refractivity contribution >= 4 is 43.8 Å². The minimum atomic E-state index is -0.317. The van der Waals surface area contributed by atoms with Crippen LogP contribution in [0.5, 0.6) is 0 Å². The Morgan fingerprint density at radius 1 is 1.26 bits per heavy atom. The van der Waals surface area contributed by atoms with E-state index in [9.17, 15) is 14.9 Å². The monoisotopic (exact) mass is 455 g/mol. The number of carbonyl (C=O) groups is 1. The van der Waals surface area contributed by atoms with Gasteiger partial charge >= 0.3 is 0 Å². The zero-order valence-corrected chi connectivity index (χ0v) is 19.8. The van der Waals surface area contributed by atoms with Crippen LogP contribution in [0.25, 0.3) is 10.2 Å². The van der Waals surface area contributed by atoms with E-state index in [2.05, 4.69) is 11.4 Å². The van der Waals surface area contributed by atoms with Crippen molar-refractivity contribution in [3.05, 3.63) is 42.6 Å². The third-order valence-electron chi connectivity index (χ3n) is 5.66. The Labute approximate surface area is 188 Å². The molecule has 0 atom stereocenters. The van der Waals surface area contributed by atoms with Crippen LogP contribution in [0.4, 0.5) is 5.00 Å². The Kier molecular flexibility index (Phi) is 5.97. The molecule has 0 saturated heterocycles. The van der Waals surface area contributed by atoms with Crippen LogP contribution in [0.15, 0.2) is 4.79 Å². The van der Waals surface area contributed by atoms with Gasteiger partial charge in [0.15, 0.2) is 0 Å². The van der Waals surface area contributed by atoms with E-state index >= 15 is 0 Å². The van der Waals surface area contributed by atoms with Gasteiger partial charge in [0, 0.05) is 9.75 Å². The first-order valence-electron chi connectivity index (χ1n) is 10.3. The largest absolute Gasteiger partial charge is 0.315 e. The minimum absolute atomic E-state index is 0.132. The molecule has 1 aliphatic rings. The summed E-state index contributed by atoms with van der Waals surface area (Å²) in [7, 11) is 3.81. The Bertz CT molecular complexity index is 1280. The van der Waals surface area contributed by atoms with Gasteiger partial charge in [-0.3, -0.25) is 14.2 Å². The molecule has 3 heterocycles. The zero-order valence-electron chi connectivity index (χ0n) is 18.2. The molecule has 1 aliphatic carbocycles. The van der Waals surface area contributed by atoms with Gasteiger partial charge in [0.05, 0.1) is 17.5 Å². The molecule has 0 aliphatic heterocycles. The number of rotatable bonds is 5. The predicted octanol–water partition coefficient (Wildman–Crippen LogP) is 3.59. The topological polar surface area (TPSA) is 91.0 Å². The third kappa shape index (κ3) is 4.03. The van der Waals surface area contributed by atoms with Crippen LogP contribution in [-0.2, 0) is 30.7 Å². The van der Waals surface area contributed by atoms with Crippen molar-refractivity contribution in [2.75, 3.05) is 19.4 Å². The maximum absolute atomic E-state index is 13.3. The van der Waals surface area contributed by atoms with E-state index in [0.717, 1.165) is 41.7 Å². The van der Waals surface area contributed by atoms with Gasteiger partial charge in [-0.05, 0) is 64.8 Å². The molecule has 0 spiro atoms. The fourth-order valence-corrected chi connectivity index (χ4v) is 6.31. The van der Waals surface area contributed by atoms with E-state index in [0.29, 0.717) is 33.2 Å². The van der Waals surface area contributed by atoms with Crippen LogP contribution in [0.1, 0.15) is 45.1 Å². The zero-order chi connectivity index (χ0) is 22.3. The molecule has 0 saturated carbocycles. The highest BCUT2D eigenvalue weighted by Gasteiger charge is 2.23. The Hall–Kier alpha value is -2.54. The van der Waals surface area contributed by atoms with Crippen LogP contribution in [-0.4, -0.2) is 34.5 Å². The number of aryl methyl sites for hydroxylation is 3. The lowest BCUT2D eigenvalue weighted by Gasteiger charge is -2.15. The first kappa shape index (κ1) is 21.7. The van der Waals surface area contributed by atoms with E-state index in [1.807, 2.05) is 32.8 Å². The number of nitrogens with one attached hydrogen (secondary N) is 1. The summed E-state index contributed by atoms with van der Waals surface area (Å²) in [5, 5.41) is 13.7. The number of hydrogen-bond donors (Lipinski definition) is 1. The van der Waals surface area contributed by atoms with E-state index in [1.165, 1.54) is 32.1 Å². The van der Waals surface area contributed by atoms with Crippen molar-refractivity contribution in [1.29, 1.82) is 5.26 Å². The van der Waals surface area contributed by atoms with Crippen LogP contribution in [0, 0.1) is 25.2 Å². The van der Waals surface area contributed by atoms with E-state index in [-0.39, 0.29) is 18.0 Å².